The fraction of sp³-hybridized carbons (Fsp3) is 0.500. The molecule has 1 aromatic heterocycles. The molecule has 0 aliphatic rings. The third-order valence-electron chi connectivity index (χ3n) is 2.55. The Morgan fingerprint density at radius 2 is 2.13 bits per heavy atom. The van der Waals surface area contributed by atoms with E-state index in [1.807, 2.05) is 12.1 Å². The fourth-order valence-electron chi connectivity index (χ4n) is 1.56. The molecule has 15 heavy (non-hydrogen) atoms. The molecule has 0 aromatic carbocycles. The molecule has 0 amide bonds. The van der Waals surface area contributed by atoms with Crippen LogP contribution in [0.25, 0.3) is 0 Å². The highest BCUT2D eigenvalue weighted by Crippen LogP contribution is 2.09. The number of pyridine rings is 1. The molecule has 1 unspecified atom stereocenters. The van der Waals surface area contributed by atoms with E-state index in [0.29, 0.717) is 12.5 Å². The summed E-state index contributed by atoms with van der Waals surface area (Å²) in [6.07, 6.45) is 4.19. The average Bonchev–Trinajstić information content (AvgIpc) is 2.27. The molecule has 0 spiro atoms. The number of nitrogens with zero attached hydrogens (tertiary/aromatic N) is 3. The van der Waals surface area contributed by atoms with Crippen molar-refractivity contribution >= 4 is 0 Å². The zero-order valence-electron chi connectivity index (χ0n) is 9.35. The normalized spacial score (nSPS) is 12.4. The summed E-state index contributed by atoms with van der Waals surface area (Å²) in [5.74, 6) is 0. The first kappa shape index (κ1) is 11.7. The van der Waals surface area contributed by atoms with Crippen LogP contribution in [0.4, 0.5) is 0 Å². The van der Waals surface area contributed by atoms with Crippen LogP contribution in [0.15, 0.2) is 24.5 Å². The number of nitriles is 1. The van der Waals surface area contributed by atoms with Gasteiger partial charge in [-0.2, -0.15) is 5.26 Å². The molecule has 0 N–H and O–H groups in total. The lowest BCUT2D eigenvalue weighted by Gasteiger charge is -2.25. The second-order valence-corrected chi connectivity index (χ2v) is 3.63. The third-order valence-corrected chi connectivity index (χ3v) is 2.55. The van der Waals surface area contributed by atoms with Crippen molar-refractivity contribution in [3.8, 4) is 6.07 Å². The van der Waals surface area contributed by atoms with Gasteiger partial charge in [0.2, 0.25) is 0 Å². The highest BCUT2D eigenvalue weighted by Gasteiger charge is 2.11. The van der Waals surface area contributed by atoms with Crippen LogP contribution in [-0.4, -0.2) is 22.5 Å². The summed E-state index contributed by atoms with van der Waals surface area (Å²) >= 11 is 0. The van der Waals surface area contributed by atoms with E-state index in [9.17, 15) is 0 Å². The molecule has 1 heterocycles. The monoisotopic (exact) mass is 203 g/mol. The van der Waals surface area contributed by atoms with Crippen LogP contribution in [0.5, 0.6) is 0 Å². The average molecular weight is 203 g/mol. The summed E-state index contributed by atoms with van der Waals surface area (Å²) in [6, 6.07) is 6.56. The molecule has 0 bridgehead atoms. The van der Waals surface area contributed by atoms with Gasteiger partial charge in [-0.15, -0.1) is 0 Å². The van der Waals surface area contributed by atoms with E-state index in [2.05, 4.69) is 29.8 Å². The molecule has 0 saturated carbocycles. The van der Waals surface area contributed by atoms with Crippen LogP contribution in [0.1, 0.15) is 25.8 Å². The van der Waals surface area contributed by atoms with E-state index in [1.54, 1.807) is 12.4 Å². The summed E-state index contributed by atoms with van der Waals surface area (Å²) in [5, 5.41) is 8.66. The topological polar surface area (TPSA) is 39.9 Å². The quantitative estimate of drug-likeness (QED) is 0.736. The maximum Gasteiger partial charge on any atom is 0.0638 e. The zero-order chi connectivity index (χ0) is 11.1. The summed E-state index contributed by atoms with van der Waals surface area (Å²) in [4.78, 5) is 6.28. The summed E-state index contributed by atoms with van der Waals surface area (Å²) < 4.78 is 0. The van der Waals surface area contributed by atoms with E-state index in [-0.39, 0.29) is 0 Å². The van der Waals surface area contributed by atoms with Gasteiger partial charge in [-0.3, -0.25) is 9.88 Å². The summed E-state index contributed by atoms with van der Waals surface area (Å²) in [5.41, 5.74) is 1.25. The largest absolute Gasteiger partial charge is 0.296 e. The predicted molar refractivity (Wildman–Crippen MR) is 60.0 cm³/mol. The van der Waals surface area contributed by atoms with Gasteiger partial charge in [-0.25, -0.2) is 0 Å². The van der Waals surface area contributed by atoms with Gasteiger partial charge in [0.25, 0.3) is 0 Å². The van der Waals surface area contributed by atoms with Gasteiger partial charge in [0, 0.05) is 25.0 Å². The fourth-order valence-corrected chi connectivity index (χ4v) is 1.56. The van der Waals surface area contributed by atoms with Gasteiger partial charge in [0.15, 0.2) is 0 Å². The predicted octanol–water partition coefficient (Wildman–Crippen LogP) is 2.21. The molecular formula is C12H17N3. The lowest BCUT2D eigenvalue weighted by Crippen LogP contribution is -2.32. The van der Waals surface area contributed by atoms with Crippen molar-refractivity contribution in [3.05, 3.63) is 30.1 Å². The number of rotatable bonds is 5. The van der Waals surface area contributed by atoms with Gasteiger partial charge in [-0.1, -0.05) is 6.92 Å². The SMILES string of the molecule is CCN(Cc1ccncc1)C(C)CC#N. The second kappa shape index (κ2) is 6.15. The minimum absolute atomic E-state index is 0.313. The van der Waals surface area contributed by atoms with Gasteiger partial charge in [0.05, 0.1) is 12.5 Å². The van der Waals surface area contributed by atoms with Crippen LogP contribution in [-0.2, 0) is 6.54 Å². The van der Waals surface area contributed by atoms with Crippen LogP contribution in [0, 0.1) is 11.3 Å². The molecule has 3 nitrogen and oxygen atoms in total. The van der Waals surface area contributed by atoms with E-state index >= 15 is 0 Å². The minimum atomic E-state index is 0.313. The molecule has 1 atom stereocenters. The summed E-state index contributed by atoms with van der Waals surface area (Å²) in [7, 11) is 0. The Kier molecular flexibility index (Phi) is 4.79. The Bertz CT molecular complexity index is 315. The highest BCUT2D eigenvalue weighted by molar-refractivity contribution is 5.09. The Morgan fingerprint density at radius 1 is 1.47 bits per heavy atom. The Labute approximate surface area is 91.4 Å². The Morgan fingerprint density at radius 3 is 2.67 bits per heavy atom. The molecule has 0 radical (unpaired) electrons. The van der Waals surface area contributed by atoms with Crippen molar-refractivity contribution in [1.29, 1.82) is 5.26 Å². The van der Waals surface area contributed by atoms with Gasteiger partial charge < -0.3 is 0 Å². The number of aromatic nitrogens is 1. The van der Waals surface area contributed by atoms with E-state index < -0.39 is 0 Å². The van der Waals surface area contributed by atoms with E-state index in [1.165, 1.54) is 5.56 Å². The first-order valence-corrected chi connectivity index (χ1v) is 5.27. The van der Waals surface area contributed by atoms with Crippen molar-refractivity contribution in [2.24, 2.45) is 0 Å². The van der Waals surface area contributed by atoms with Crippen molar-refractivity contribution in [3.63, 3.8) is 0 Å². The third kappa shape index (κ3) is 3.69. The van der Waals surface area contributed by atoms with Gasteiger partial charge >= 0.3 is 0 Å². The van der Waals surface area contributed by atoms with Crippen molar-refractivity contribution < 1.29 is 0 Å². The molecule has 0 aliphatic carbocycles. The summed E-state index contributed by atoms with van der Waals surface area (Å²) in [6.45, 7) is 6.07. The maximum atomic E-state index is 8.66. The first-order chi connectivity index (χ1) is 7.27. The standard InChI is InChI=1S/C12H17N3/c1-3-15(11(2)4-7-13)10-12-5-8-14-9-6-12/h5-6,8-9,11H,3-4,10H2,1-2H3. The molecule has 80 valence electrons. The Balaban J connectivity index is 2.58. The molecule has 1 aromatic rings. The van der Waals surface area contributed by atoms with Crippen LogP contribution >= 0.6 is 0 Å². The molecule has 1 rings (SSSR count). The molecule has 0 saturated heterocycles. The van der Waals surface area contributed by atoms with Gasteiger partial charge in [-0.05, 0) is 31.2 Å². The molecule has 3 heteroatoms. The van der Waals surface area contributed by atoms with E-state index in [0.717, 1.165) is 13.1 Å². The van der Waals surface area contributed by atoms with Crippen molar-refractivity contribution in [2.75, 3.05) is 6.54 Å². The Hall–Kier alpha value is -1.40. The first-order valence-electron chi connectivity index (χ1n) is 5.27. The van der Waals surface area contributed by atoms with Gasteiger partial charge in [0.1, 0.15) is 0 Å². The van der Waals surface area contributed by atoms with Crippen LogP contribution in [0.2, 0.25) is 0 Å². The molecular weight excluding hydrogens is 186 g/mol. The van der Waals surface area contributed by atoms with Crippen molar-refractivity contribution in [2.45, 2.75) is 32.9 Å². The zero-order valence-corrected chi connectivity index (χ0v) is 9.35. The minimum Gasteiger partial charge on any atom is -0.296 e. The number of hydrogen-bond donors (Lipinski definition) is 0. The maximum absolute atomic E-state index is 8.66. The lowest BCUT2D eigenvalue weighted by atomic mass is 10.2. The lowest BCUT2D eigenvalue weighted by molar-refractivity contribution is 0.213. The highest BCUT2D eigenvalue weighted by atomic mass is 15.1. The van der Waals surface area contributed by atoms with Crippen LogP contribution < -0.4 is 0 Å². The molecule has 0 fully saturated rings. The van der Waals surface area contributed by atoms with Crippen LogP contribution in [0.3, 0.4) is 0 Å². The smallest absolute Gasteiger partial charge is 0.0638 e. The molecule has 0 aliphatic heterocycles. The van der Waals surface area contributed by atoms with E-state index in [4.69, 9.17) is 5.26 Å². The van der Waals surface area contributed by atoms with Crippen molar-refractivity contribution in [1.82, 2.24) is 9.88 Å². The number of hydrogen-bond acceptors (Lipinski definition) is 3. The second-order valence-electron chi connectivity index (χ2n) is 3.63.